The Balaban J connectivity index is 1.57. The van der Waals surface area contributed by atoms with Gasteiger partial charge in [0.2, 0.25) is 5.91 Å². The number of alkyl halides is 3. The number of carbonyl (C=O) groups is 1. The number of hydrogen-bond donors (Lipinski definition) is 4. The average molecular weight is 423 g/mol. The minimum atomic E-state index is -4.73. The highest BCUT2D eigenvalue weighted by Crippen LogP contribution is 2.48. The summed E-state index contributed by atoms with van der Waals surface area (Å²) in [7, 11) is 0. The van der Waals surface area contributed by atoms with Crippen LogP contribution in [0.5, 0.6) is 0 Å². The van der Waals surface area contributed by atoms with E-state index in [4.69, 9.17) is 5.26 Å². The molecule has 1 amide bonds. The molecule has 1 aromatic rings. The van der Waals surface area contributed by atoms with Crippen molar-refractivity contribution in [1.82, 2.24) is 15.8 Å². The lowest BCUT2D eigenvalue weighted by atomic mass is 9.90. The molecule has 2 saturated heterocycles. The first-order chi connectivity index (χ1) is 14.2. The van der Waals surface area contributed by atoms with Crippen LogP contribution >= 0.6 is 0 Å². The lowest BCUT2D eigenvalue weighted by molar-refractivity contribution is -0.265. The fourth-order valence-corrected chi connectivity index (χ4v) is 4.86. The first kappa shape index (κ1) is 20.9. The molecule has 4 N–H and O–H groups in total. The van der Waals surface area contributed by atoms with E-state index in [1.807, 2.05) is 11.9 Å². The van der Waals surface area contributed by atoms with Crippen molar-refractivity contribution in [3.05, 3.63) is 29.3 Å². The normalized spacial score (nSPS) is 32.1. The Bertz CT molecular complexity index is 886. The second-order valence-electron chi connectivity index (χ2n) is 8.27. The topological polar surface area (TPSA) is 100 Å². The van der Waals surface area contributed by atoms with E-state index >= 15 is 0 Å². The number of nitrogens with one attached hydrogen (secondary N) is 3. The molecule has 1 aromatic carbocycles. The summed E-state index contributed by atoms with van der Waals surface area (Å²) >= 11 is 0. The minimum absolute atomic E-state index is 0.0793. The van der Waals surface area contributed by atoms with Gasteiger partial charge < -0.3 is 15.7 Å². The van der Waals surface area contributed by atoms with Crippen molar-refractivity contribution in [3.8, 4) is 6.07 Å². The number of fused-ring (bicyclic) bond motifs is 2. The quantitative estimate of drug-likeness (QED) is 0.589. The van der Waals surface area contributed by atoms with Crippen LogP contribution in [0.15, 0.2) is 18.2 Å². The molecule has 5 unspecified atom stereocenters. The van der Waals surface area contributed by atoms with E-state index in [1.165, 1.54) is 12.1 Å². The number of nitrogens with zero attached hydrogens (tertiary/aromatic N) is 2. The molecule has 0 aromatic heterocycles. The Kier molecular flexibility index (Phi) is 5.16. The number of aryl methyl sites for hydroxylation is 1. The number of benzene rings is 1. The monoisotopic (exact) mass is 423 g/mol. The van der Waals surface area contributed by atoms with Crippen molar-refractivity contribution in [1.29, 1.82) is 5.26 Å². The molecule has 2 aliphatic heterocycles. The Labute approximate surface area is 172 Å². The molecule has 10 heteroatoms. The van der Waals surface area contributed by atoms with Crippen molar-refractivity contribution in [2.24, 2.45) is 5.92 Å². The molecule has 2 heterocycles. The molecule has 1 aliphatic carbocycles. The van der Waals surface area contributed by atoms with Crippen LogP contribution in [0.3, 0.4) is 0 Å². The molecule has 5 atom stereocenters. The summed E-state index contributed by atoms with van der Waals surface area (Å²) in [5.41, 5.74) is 1.37. The van der Waals surface area contributed by atoms with Crippen molar-refractivity contribution < 1.29 is 23.1 Å². The summed E-state index contributed by atoms with van der Waals surface area (Å²) < 4.78 is 39.9. The van der Waals surface area contributed by atoms with E-state index in [1.54, 1.807) is 6.07 Å². The van der Waals surface area contributed by atoms with Gasteiger partial charge in [-0.3, -0.25) is 4.79 Å². The van der Waals surface area contributed by atoms with E-state index < -0.39 is 30.3 Å². The van der Waals surface area contributed by atoms with Gasteiger partial charge in [0, 0.05) is 24.3 Å². The fourth-order valence-electron chi connectivity index (χ4n) is 4.86. The summed E-state index contributed by atoms with van der Waals surface area (Å²) in [5.74, 6) is -0.504. The van der Waals surface area contributed by atoms with E-state index in [0.29, 0.717) is 24.2 Å². The van der Waals surface area contributed by atoms with Crippen molar-refractivity contribution >= 4 is 11.6 Å². The van der Waals surface area contributed by atoms with Gasteiger partial charge in [-0.2, -0.15) is 18.4 Å². The van der Waals surface area contributed by atoms with Crippen molar-refractivity contribution in [2.45, 2.75) is 62.6 Å². The van der Waals surface area contributed by atoms with E-state index in [-0.39, 0.29) is 30.0 Å². The van der Waals surface area contributed by atoms with Crippen LogP contribution in [0.1, 0.15) is 37.3 Å². The number of hydrazine groups is 1. The summed E-state index contributed by atoms with van der Waals surface area (Å²) in [6, 6.07) is 6.39. The summed E-state index contributed by atoms with van der Waals surface area (Å²) in [6.07, 6.45) is -4.43. The molecule has 0 bridgehead atoms. The third kappa shape index (κ3) is 3.31. The van der Waals surface area contributed by atoms with Crippen LogP contribution in [0.25, 0.3) is 0 Å². The molecule has 2 fully saturated rings. The summed E-state index contributed by atoms with van der Waals surface area (Å²) in [6.45, 7) is 2.47. The number of halogens is 3. The predicted molar refractivity (Wildman–Crippen MR) is 102 cm³/mol. The van der Waals surface area contributed by atoms with Gasteiger partial charge in [-0.05, 0) is 49.4 Å². The summed E-state index contributed by atoms with van der Waals surface area (Å²) in [5, 5.41) is 27.2. The number of amides is 1. The van der Waals surface area contributed by atoms with Gasteiger partial charge in [0.1, 0.15) is 6.17 Å². The number of carbonyl (C=O) groups excluding carboxylic acids is 1. The molecule has 4 rings (SSSR count). The minimum Gasteiger partial charge on any atom is -0.376 e. The highest BCUT2D eigenvalue weighted by molar-refractivity contribution is 5.82. The number of hydrogen-bond acceptors (Lipinski definition) is 6. The predicted octanol–water partition coefficient (Wildman–Crippen LogP) is 1.75. The molecule has 7 nitrogen and oxygen atoms in total. The third-order valence-electron chi connectivity index (χ3n) is 6.42. The zero-order valence-electron chi connectivity index (χ0n) is 16.5. The maximum Gasteiger partial charge on any atom is 0.421 e. The molecular formula is C20H24F3N5O2. The zero-order valence-corrected chi connectivity index (χ0v) is 16.5. The lowest BCUT2D eigenvalue weighted by Crippen LogP contribution is -2.51. The van der Waals surface area contributed by atoms with Crippen molar-refractivity contribution in [2.75, 3.05) is 11.9 Å². The van der Waals surface area contributed by atoms with Crippen LogP contribution in [-0.4, -0.2) is 47.0 Å². The first-order valence-corrected chi connectivity index (χ1v) is 10.0. The molecular weight excluding hydrogens is 399 g/mol. The Morgan fingerprint density at radius 2 is 2.23 bits per heavy atom. The molecule has 30 heavy (non-hydrogen) atoms. The standard InChI is InChI=1S/C20H24F3N5O2/c1-11(5-8-24)28-15-6-9-25-18(29)16(15)17(27-28)26-13-2-3-14-12(10-13)4-7-19(14,30)20(21,22)23/h2-3,10-11,15-17,26-27,30H,4-7,9H2,1H3,(H,25,29). The summed E-state index contributed by atoms with van der Waals surface area (Å²) in [4.78, 5) is 12.5. The fraction of sp³-hybridized carbons (Fsp3) is 0.600. The largest absolute Gasteiger partial charge is 0.421 e. The van der Waals surface area contributed by atoms with Gasteiger partial charge in [-0.15, -0.1) is 0 Å². The van der Waals surface area contributed by atoms with Gasteiger partial charge in [-0.1, -0.05) is 6.07 Å². The number of aliphatic hydroxyl groups is 1. The first-order valence-electron chi connectivity index (χ1n) is 10.0. The van der Waals surface area contributed by atoms with Gasteiger partial charge in [0.15, 0.2) is 5.60 Å². The zero-order chi connectivity index (χ0) is 21.7. The molecule has 162 valence electrons. The van der Waals surface area contributed by atoms with Gasteiger partial charge >= 0.3 is 6.18 Å². The van der Waals surface area contributed by atoms with Crippen LogP contribution in [0.4, 0.5) is 18.9 Å². The lowest BCUT2D eigenvalue weighted by Gasteiger charge is -2.33. The van der Waals surface area contributed by atoms with E-state index in [0.717, 1.165) is 6.42 Å². The highest BCUT2D eigenvalue weighted by atomic mass is 19.4. The van der Waals surface area contributed by atoms with Gasteiger partial charge in [0.05, 0.1) is 18.4 Å². The maximum absolute atomic E-state index is 13.3. The Hall–Kier alpha value is -2.35. The number of anilines is 1. The second kappa shape index (κ2) is 7.41. The number of rotatable bonds is 4. The van der Waals surface area contributed by atoms with E-state index in [9.17, 15) is 23.1 Å². The highest BCUT2D eigenvalue weighted by Gasteiger charge is 2.57. The smallest absolute Gasteiger partial charge is 0.376 e. The van der Waals surface area contributed by atoms with Crippen LogP contribution in [-0.2, 0) is 16.8 Å². The van der Waals surface area contributed by atoms with E-state index in [2.05, 4.69) is 22.1 Å². The number of piperidine rings is 1. The molecule has 0 radical (unpaired) electrons. The molecule has 0 saturated carbocycles. The third-order valence-corrected chi connectivity index (χ3v) is 6.42. The Morgan fingerprint density at radius 3 is 2.93 bits per heavy atom. The van der Waals surface area contributed by atoms with Gasteiger partial charge in [0.25, 0.3) is 0 Å². The van der Waals surface area contributed by atoms with Crippen LogP contribution < -0.4 is 16.1 Å². The number of nitriles is 1. The SMILES string of the molecule is CC(CC#N)N1NC(Nc2ccc3c(c2)CCC3(O)C(F)(F)F)C2C(=O)NCCC21. The van der Waals surface area contributed by atoms with Crippen LogP contribution in [0, 0.1) is 17.2 Å². The second-order valence-corrected chi connectivity index (χ2v) is 8.27. The van der Waals surface area contributed by atoms with Crippen LogP contribution in [0.2, 0.25) is 0 Å². The average Bonchev–Trinajstić information content (AvgIpc) is 3.22. The maximum atomic E-state index is 13.3. The molecule has 3 aliphatic rings. The van der Waals surface area contributed by atoms with Gasteiger partial charge in [-0.25, -0.2) is 10.4 Å². The molecule has 0 spiro atoms. The van der Waals surface area contributed by atoms with Crippen molar-refractivity contribution in [3.63, 3.8) is 0 Å². The Morgan fingerprint density at radius 1 is 1.47 bits per heavy atom.